The zero-order valence-electron chi connectivity index (χ0n) is 14.4. The topological polar surface area (TPSA) is 75.6 Å². The second-order valence-electron chi connectivity index (χ2n) is 6.60. The molecule has 1 amide bonds. The van der Waals surface area contributed by atoms with Crippen LogP contribution >= 0.6 is 0 Å². The van der Waals surface area contributed by atoms with E-state index in [-0.39, 0.29) is 23.6 Å². The van der Waals surface area contributed by atoms with Crippen LogP contribution in [0.2, 0.25) is 0 Å². The Kier molecular flexibility index (Phi) is 6.50. The molecule has 1 aliphatic carbocycles. The maximum Gasteiger partial charge on any atom is 0.422 e. The number of hydrogen-bond acceptors (Lipinski definition) is 3. The minimum absolute atomic E-state index is 0.0983. The first-order valence-electron chi connectivity index (χ1n) is 8.48. The molecule has 1 aromatic carbocycles. The van der Waals surface area contributed by atoms with Crippen molar-refractivity contribution in [2.24, 2.45) is 11.8 Å². The Bertz CT molecular complexity index is 630. The molecule has 3 unspecified atom stereocenters. The summed E-state index contributed by atoms with van der Waals surface area (Å²) in [7, 11) is 0. The number of nitrogens with one attached hydrogen (secondary N) is 1. The van der Waals surface area contributed by atoms with Gasteiger partial charge in [0.25, 0.3) is 0 Å². The minimum Gasteiger partial charge on any atom is -0.484 e. The van der Waals surface area contributed by atoms with E-state index in [4.69, 9.17) is 5.11 Å². The first kappa shape index (κ1) is 20.1. The van der Waals surface area contributed by atoms with Gasteiger partial charge in [-0.3, -0.25) is 9.59 Å². The van der Waals surface area contributed by atoms with Crippen molar-refractivity contribution in [3.8, 4) is 5.75 Å². The molecule has 0 radical (unpaired) electrons. The van der Waals surface area contributed by atoms with Crippen molar-refractivity contribution in [2.75, 3.05) is 6.61 Å². The van der Waals surface area contributed by atoms with Gasteiger partial charge in [0.1, 0.15) is 5.75 Å². The molecule has 3 atom stereocenters. The lowest BCUT2D eigenvalue weighted by molar-refractivity contribution is -0.153. The average Bonchev–Trinajstić information content (AvgIpc) is 2.59. The first-order valence-corrected chi connectivity index (χ1v) is 8.48. The van der Waals surface area contributed by atoms with Gasteiger partial charge in [-0.1, -0.05) is 18.6 Å². The summed E-state index contributed by atoms with van der Waals surface area (Å²) in [6.45, 7) is 0.409. The van der Waals surface area contributed by atoms with Crippen molar-refractivity contribution < 1.29 is 32.6 Å². The fraction of sp³-hybridized carbons (Fsp3) is 0.556. The number of halogens is 3. The van der Waals surface area contributed by atoms with E-state index in [0.717, 1.165) is 5.56 Å². The lowest BCUT2D eigenvalue weighted by Gasteiger charge is -2.27. The van der Waals surface area contributed by atoms with Gasteiger partial charge in [0.2, 0.25) is 5.91 Å². The Hall–Kier alpha value is -2.25. The van der Waals surface area contributed by atoms with Crippen LogP contribution in [0.5, 0.6) is 5.75 Å². The SMILES string of the molecule is CC(NC(=O)C1CCCC(C(=O)O)C1)c1ccc(OCC(F)(F)F)cc1. The zero-order valence-corrected chi connectivity index (χ0v) is 14.4. The molecule has 8 heteroatoms. The molecular weight excluding hydrogens is 351 g/mol. The molecular formula is C18H22F3NO4. The summed E-state index contributed by atoms with van der Waals surface area (Å²) in [6, 6.07) is 5.69. The Balaban J connectivity index is 1.89. The van der Waals surface area contributed by atoms with Crippen LogP contribution in [-0.2, 0) is 9.59 Å². The molecule has 144 valence electrons. The second kappa shape index (κ2) is 8.42. The summed E-state index contributed by atoms with van der Waals surface area (Å²) < 4.78 is 41.1. The number of alkyl halides is 3. The Morgan fingerprint density at radius 3 is 2.42 bits per heavy atom. The Morgan fingerprint density at radius 2 is 1.85 bits per heavy atom. The summed E-state index contributed by atoms with van der Waals surface area (Å²) in [4.78, 5) is 23.5. The summed E-state index contributed by atoms with van der Waals surface area (Å²) in [6.07, 6.45) is -2.11. The summed E-state index contributed by atoms with van der Waals surface area (Å²) in [5.74, 6) is -1.78. The molecule has 5 nitrogen and oxygen atoms in total. The zero-order chi connectivity index (χ0) is 19.3. The fourth-order valence-corrected chi connectivity index (χ4v) is 3.08. The van der Waals surface area contributed by atoms with Crippen LogP contribution in [0.1, 0.15) is 44.2 Å². The maximum atomic E-state index is 12.4. The smallest absolute Gasteiger partial charge is 0.422 e. The highest BCUT2D eigenvalue weighted by Crippen LogP contribution is 2.30. The van der Waals surface area contributed by atoms with Crippen molar-refractivity contribution in [1.29, 1.82) is 0 Å². The molecule has 1 fully saturated rings. The van der Waals surface area contributed by atoms with Crippen LogP contribution in [0.25, 0.3) is 0 Å². The number of carbonyl (C=O) groups is 2. The average molecular weight is 373 g/mol. The minimum atomic E-state index is -4.40. The van der Waals surface area contributed by atoms with Gasteiger partial charge in [-0.15, -0.1) is 0 Å². The maximum absolute atomic E-state index is 12.4. The molecule has 1 saturated carbocycles. The monoisotopic (exact) mass is 373 g/mol. The third-order valence-electron chi connectivity index (χ3n) is 4.54. The van der Waals surface area contributed by atoms with E-state index in [1.807, 2.05) is 0 Å². The number of aliphatic carboxylic acids is 1. The number of carbonyl (C=O) groups excluding carboxylic acids is 1. The number of carboxylic acids is 1. The third kappa shape index (κ3) is 5.93. The van der Waals surface area contributed by atoms with Gasteiger partial charge in [0, 0.05) is 5.92 Å². The van der Waals surface area contributed by atoms with Gasteiger partial charge in [0.05, 0.1) is 12.0 Å². The first-order chi connectivity index (χ1) is 12.2. The van der Waals surface area contributed by atoms with Crippen LogP contribution < -0.4 is 10.1 Å². The standard InChI is InChI=1S/C18H22F3NO4/c1-11(12-5-7-15(8-6-12)26-10-18(19,20)21)22-16(23)13-3-2-4-14(9-13)17(24)25/h5-8,11,13-14H,2-4,9-10H2,1H3,(H,22,23)(H,24,25). The van der Waals surface area contributed by atoms with Crippen molar-refractivity contribution in [1.82, 2.24) is 5.32 Å². The van der Waals surface area contributed by atoms with Crippen LogP contribution in [0.3, 0.4) is 0 Å². The van der Waals surface area contributed by atoms with Crippen LogP contribution in [0.15, 0.2) is 24.3 Å². The van der Waals surface area contributed by atoms with E-state index in [2.05, 4.69) is 10.1 Å². The highest BCUT2D eigenvalue weighted by atomic mass is 19.4. The molecule has 0 heterocycles. The molecule has 0 saturated heterocycles. The van der Waals surface area contributed by atoms with Crippen molar-refractivity contribution in [3.05, 3.63) is 29.8 Å². The second-order valence-corrected chi connectivity index (χ2v) is 6.60. The summed E-state index contributed by atoms with van der Waals surface area (Å²) in [5, 5.41) is 12.0. The van der Waals surface area contributed by atoms with E-state index in [9.17, 15) is 22.8 Å². The largest absolute Gasteiger partial charge is 0.484 e. The molecule has 0 spiro atoms. The molecule has 0 aliphatic heterocycles. The van der Waals surface area contributed by atoms with E-state index in [0.29, 0.717) is 25.7 Å². The van der Waals surface area contributed by atoms with Crippen molar-refractivity contribution >= 4 is 11.9 Å². The highest BCUT2D eigenvalue weighted by molar-refractivity contribution is 5.80. The summed E-state index contributed by atoms with van der Waals surface area (Å²) in [5.41, 5.74) is 0.725. The molecule has 2 N–H and O–H groups in total. The van der Waals surface area contributed by atoms with Gasteiger partial charge in [-0.25, -0.2) is 0 Å². The lowest BCUT2D eigenvalue weighted by Crippen LogP contribution is -2.36. The van der Waals surface area contributed by atoms with Gasteiger partial charge in [0.15, 0.2) is 6.61 Å². The number of hydrogen-bond donors (Lipinski definition) is 2. The van der Waals surface area contributed by atoms with E-state index in [1.54, 1.807) is 19.1 Å². The quantitative estimate of drug-likeness (QED) is 0.797. The van der Waals surface area contributed by atoms with Crippen LogP contribution in [0.4, 0.5) is 13.2 Å². The van der Waals surface area contributed by atoms with Gasteiger partial charge in [-0.05, 0) is 43.9 Å². The number of benzene rings is 1. The molecule has 26 heavy (non-hydrogen) atoms. The van der Waals surface area contributed by atoms with E-state index < -0.39 is 24.7 Å². The summed E-state index contributed by atoms with van der Waals surface area (Å²) >= 11 is 0. The number of carboxylic acid groups (broad SMARTS) is 1. The van der Waals surface area contributed by atoms with Crippen molar-refractivity contribution in [2.45, 2.75) is 44.8 Å². The van der Waals surface area contributed by atoms with E-state index in [1.165, 1.54) is 12.1 Å². The molecule has 1 aromatic rings. The highest BCUT2D eigenvalue weighted by Gasteiger charge is 2.31. The predicted molar refractivity (Wildman–Crippen MR) is 87.6 cm³/mol. The van der Waals surface area contributed by atoms with Crippen LogP contribution in [0, 0.1) is 11.8 Å². The number of amides is 1. The van der Waals surface area contributed by atoms with Gasteiger partial charge in [-0.2, -0.15) is 13.2 Å². The fourth-order valence-electron chi connectivity index (χ4n) is 3.08. The third-order valence-corrected chi connectivity index (χ3v) is 4.54. The molecule has 0 bridgehead atoms. The van der Waals surface area contributed by atoms with Crippen LogP contribution in [-0.4, -0.2) is 29.8 Å². The predicted octanol–water partition coefficient (Wildman–Crippen LogP) is 3.70. The number of ether oxygens (including phenoxy) is 1. The van der Waals surface area contributed by atoms with Crippen molar-refractivity contribution in [3.63, 3.8) is 0 Å². The normalized spacial score (nSPS) is 21.7. The lowest BCUT2D eigenvalue weighted by atomic mass is 9.81. The van der Waals surface area contributed by atoms with E-state index >= 15 is 0 Å². The Labute approximate surface area is 149 Å². The molecule has 0 aromatic heterocycles. The van der Waals surface area contributed by atoms with Gasteiger partial charge >= 0.3 is 12.1 Å². The molecule has 1 aliphatic rings. The number of rotatable bonds is 6. The van der Waals surface area contributed by atoms with Gasteiger partial charge < -0.3 is 15.2 Å². The Morgan fingerprint density at radius 1 is 1.23 bits per heavy atom. The molecule has 2 rings (SSSR count).